The first kappa shape index (κ1) is 26.4. The van der Waals surface area contributed by atoms with Crippen molar-refractivity contribution < 1.29 is 18.3 Å². The van der Waals surface area contributed by atoms with Gasteiger partial charge in [0.15, 0.2) is 0 Å². The maximum absolute atomic E-state index is 13.8. The highest BCUT2D eigenvalue weighted by Crippen LogP contribution is 2.29. The van der Waals surface area contributed by atoms with E-state index in [1.54, 1.807) is 65.0 Å². The third kappa shape index (κ3) is 5.54. The smallest absolute Gasteiger partial charge is 0.408 e. The molecule has 1 heterocycles. The Morgan fingerprint density at radius 1 is 1.20 bits per heavy atom. The Kier molecular flexibility index (Phi) is 7.37. The largest absolute Gasteiger partial charge is 0.465 e. The van der Waals surface area contributed by atoms with Crippen LogP contribution >= 0.6 is 0 Å². The van der Waals surface area contributed by atoms with E-state index >= 15 is 0 Å². The quantitative estimate of drug-likeness (QED) is 0.506. The molecule has 1 aromatic heterocycles. The lowest BCUT2D eigenvalue weighted by molar-refractivity contribution is 0.0719. The molecule has 10 heteroatoms. The van der Waals surface area contributed by atoms with Crippen LogP contribution in [0.25, 0.3) is 16.6 Å². The summed E-state index contributed by atoms with van der Waals surface area (Å²) in [5.74, 6) is 0.233. The second kappa shape index (κ2) is 9.79. The summed E-state index contributed by atoms with van der Waals surface area (Å²) in [6.45, 7) is 10.5. The number of aryl methyl sites for hydroxylation is 1. The van der Waals surface area contributed by atoms with Crippen LogP contribution in [0.3, 0.4) is 0 Å². The number of fused-ring (bicyclic) bond motifs is 1. The van der Waals surface area contributed by atoms with Gasteiger partial charge in [-0.3, -0.25) is 14.3 Å². The topological polar surface area (TPSA) is 122 Å². The molecule has 0 saturated carbocycles. The lowest BCUT2D eigenvalue weighted by atomic mass is 10.0. The van der Waals surface area contributed by atoms with E-state index in [-0.39, 0.29) is 23.7 Å². The van der Waals surface area contributed by atoms with Gasteiger partial charge in [-0.05, 0) is 70.9 Å². The predicted molar refractivity (Wildman–Crippen MR) is 136 cm³/mol. The van der Waals surface area contributed by atoms with Gasteiger partial charge in [-0.1, -0.05) is 24.3 Å². The molecule has 0 aliphatic carbocycles. The van der Waals surface area contributed by atoms with Crippen molar-refractivity contribution >= 4 is 27.0 Å². The van der Waals surface area contributed by atoms with Crippen molar-refractivity contribution in [3.8, 4) is 5.69 Å². The Labute approximate surface area is 205 Å². The van der Waals surface area contributed by atoms with Crippen LogP contribution in [-0.4, -0.2) is 45.4 Å². The summed E-state index contributed by atoms with van der Waals surface area (Å²) in [5, 5.41) is 10.4. The number of nitrogens with zero attached hydrogens (tertiary/aromatic N) is 3. The predicted octanol–water partition coefficient (Wildman–Crippen LogP) is 3.97. The van der Waals surface area contributed by atoms with Gasteiger partial charge in [-0.2, -0.15) is 0 Å². The minimum absolute atomic E-state index is 0.0422. The second-order valence-corrected chi connectivity index (χ2v) is 11.6. The van der Waals surface area contributed by atoms with Gasteiger partial charge in [-0.25, -0.2) is 22.9 Å². The molecule has 0 fully saturated rings. The van der Waals surface area contributed by atoms with Crippen molar-refractivity contribution in [2.45, 2.75) is 59.7 Å². The third-order valence-electron chi connectivity index (χ3n) is 5.87. The van der Waals surface area contributed by atoms with Crippen molar-refractivity contribution in [3.63, 3.8) is 0 Å². The summed E-state index contributed by atoms with van der Waals surface area (Å²) in [6, 6.07) is 11.5. The van der Waals surface area contributed by atoms with Gasteiger partial charge >= 0.3 is 6.09 Å². The molecule has 9 nitrogen and oxygen atoms in total. The van der Waals surface area contributed by atoms with Crippen LogP contribution in [0.4, 0.5) is 4.79 Å². The van der Waals surface area contributed by atoms with Gasteiger partial charge in [0.1, 0.15) is 5.82 Å². The zero-order valence-corrected chi connectivity index (χ0v) is 21.7. The van der Waals surface area contributed by atoms with Gasteiger partial charge in [0.25, 0.3) is 5.56 Å². The molecule has 35 heavy (non-hydrogen) atoms. The molecular formula is C25H32N4O5S. The molecule has 0 spiro atoms. The van der Waals surface area contributed by atoms with E-state index in [4.69, 9.17) is 4.98 Å². The molecule has 3 aromatic rings. The highest BCUT2D eigenvalue weighted by Gasteiger charge is 2.34. The summed E-state index contributed by atoms with van der Waals surface area (Å²) in [6.07, 6.45) is -1.13. The number of benzene rings is 2. The highest BCUT2D eigenvalue weighted by molar-refractivity contribution is 7.89. The first-order chi connectivity index (χ1) is 16.3. The molecule has 3 rings (SSSR count). The first-order valence-corrected chi connectivity index (χ1v) is 13.0. The van der Waals surface area contributed by atoms with E-state index in [2.05, 4.69) is 4.72 Å². The van der Waals surface area contributed by atoms with E-state index in [1.807, 2.05) is 19.1 Å². The fraction of sp³-hybridized carbons (Fsp3) is 0.400. The number of hydrogen-bond acceptors (Lipinski definition) is 5. The fourth-order valence-electron chi connectivity index (χ4n) is 4.19. The molecule has 2 N–H and O–H groups in total. The highest BCUT2D eigenvalue weighted by atomic mass is 32.2. The third-order valence-corrected chi connectivity index (χ3v) is 7.21. The fourth-order valence-corrected chi connectivity index (χ4v) is 4.78. The van der Waals surface area contributed by atoms with Gasteiger partial charge < -0.3 is 5.11 Å². The number of nitrogens with one attached hydrogen (secondary N) is 1. The monoisotopic (exact) mass is 500 g/mol. The average molecular weight is 501 g/mol. The van der Waals surface area contributed by atoms with E-state index < -0.39 is 27.7 Å². The molecule has 2 aromatic carbocycles. The number of sulfonamides is 1. The average Bonchev–Trinajstić information content (AvgIpc) is 2.76. The van der Waals surface area contributed by atoms with Crippen LogP contribution in [0.15, 0.2) is 47.3 Å². The first-order valence-electron chi connectivity index (χ1n) is 11.4. The van der Waals surface area contributed by atoms with Crippen molar-refractivity contribution in [1.29, 1.82) is 0 Å². The molecular weight excluding hydrogens is 468 g/mol. The number of amides is 1. The Hall–Kier alpha value is -3.24. The van der Waals surface area contributed by atoms with Crippen molar-refractivity contribution in [2.24, 2.45) is 0 Å². The van der Waals surface area contributed by atoms with Gasteiger partial charge in [0.2, 0.25) is 10.0 Å². The summed E-state index contributed by atoms with van der Waals surface area (Å²) >= 11 is 0. The Bertz CT molecular complexity index is 1420. The number of rotatable bonds is 7. The van der Waals surface area contributed by atoms with Crippen molar-refractivity contribution in [1.82, 2.24) is 19.2 Å². The van der Waals surface area contributed by atoms with Gasteiger partial charge in [0, 0.05) is 12.1 Å². The Morgan fingerprint density at radius 2 is 1.86 bits per heavy atom. The van der Waals surface area contributed by atoms with E-state index in [9.17, 15) is 23.1 Å². The second-order valence-electron chi connectivity index (χ2n) is 9.47. The van der Waals surface area contributed by atoms with Gasteiger partial charge in [0.05, 0.1) is 28.4 Å². The number of carbonyl (C=O) groups is 1. The van der Waals surface area contributed by atoms with Crippen LogP contribution in [0.2, 0.25) is 0 Å². The minimum atomic E-state index is -3.40. The summed E-state index contributed by atoms with van der Waals surface area (Å²) in [7, 11) is -3.40. The van der Waals surface area contributed by atoms with Crippen molar-refractivity contribution in [2.75, 3.05) is 5.75 Å². The van der Waals surface area contributed by atoms with Crippen LogP contribution in [-0.2, 0) is 16.6 Å². The van der Waals surface area contributed by atoms with Crippen LogP contribution in [0, 0.1) is 6.92 Å². The SMILES string of the molecule is CCS(=O)(=O)NCc1cccc(-n2c([C@H](C)N(C(=O)O)C(C)(C)C)nc3cccc(C)c3c2=O)c1. The summed E-state index contributed by atoms with van der Waals surface area (Å²) < 4.78 is 27.8. The van der Waals surface area contributed by atoms with Crippen molar-refractivity contribution in [3.05, 3.63) is 69.8 Å². The number of carboxylic acid groups (broad SMARTS) is 1. The molecule has 0 unspecified atom stereocenters. The maximum atomic E-state index is 13.8. The molecule has 1 atom stereocenters. The number of hydrogen-bond donors (Lipinski definition) is 2. The molecule has 0 saturated heterocycles. The molecule has 0 aliphatic heterocycles. The molecule has 0 bridgehead atoms. The summed E-state index contributed by atoms with van der Waals surface area (Å²) in [4.78, 5) is 32.1. The van der Waals surface area contributed by atoms with E-state index in [0.29, 0.717) is 22.2 Å². The zero-order valence-electron chi connectivity index (χ0n) is 20.9. The van der Waals surface area contributed by atoms with Crippen LogP contribution < -0.4 is 10.3 Å². The molecule has 1 amide bonds. The standard InChI is InChI=1S/C25H32N4O5S/c1-7-35(33,34)26-15-18-11-9-12-19(14-18)28-22(17(3)29(24(31)32)25(4,5)6)27-20-13-8-10-16(2)21(20)23(28)30/h8-14,17,26H,7,15H2,1-6H3,(H,31,32)/t17-/m0/s1. The normalized spacial score (nSPS) is 13.1. The Morgan fingerprint density at radius 3 is 2.46 bits per heavy atom. The van der Waals surface area contributed by atoms with Gasteiger partial charge in [-0.15, -0.1) is 0 Å². The van der Waals surface area contributed by atoms with E-state index in [0.717, 1.165) is 5.56 Å². The number of aromatic nitrogens is 2. The molecule has 188 valence electrons. The Balaban J connectivity index is 2.28. The molecule has 0 radical (unpaired) electrons. The maximum Gasteiger partial charge on any atom is 0.408 e. The lowest BCUT2D eigenvalue weighted by Gasteiger charge is -2.38. The molecule has 0 aliphatic rings. The zero-order chi connectivity index (χ0) is 26.1. The van der Waals surface area contributed by atoms with Crippen LogP contribution in [0.1, 0.15) is 57.6 Å². The van der Waals surface area contributed by atoms with E-state index in [1.165, 1.54) is 9.47 Å². The lowest BCUT2D eigenvalue weighted by Crippen LogP contribution is -2.47. The summed E-state index contributed by atoms with van der Waals surface area (Å²) in [5.41, 5.74) is 1.29. The van der Waals surface area contributed by atoms with Crippen LogP contribution in [0.5, 0.6) is 0 Å². The minimum Gasteiger partial charge on any atom is -0.465 e.